The van der Waals surface area contributed by atoms with Gasteiger partial charge in [-0.25, -0.2) is 4.79 Å². The van der Waals surface area contributed by atoms with Crippen molar-refractivity contribution in [3.8, 4) is 0 Å². The van der Waals surface area contributed by atoms with Crippen molar-refractivity contribution in [2.75, 3.05) is 6.61 Å². The second-order valence-electron chi connectivity index (χ2n) is 9.71. The molecule has 5 atom stereocenters. The van der Waals surface area contributed by atoms with Crippen LogP contribution in [0.4, 0.5) is 0 Å². The van der Waals surface area contributed by atoms with E-state index in [-0.39, 0.29) is 11.4 Å². The Morgan fingerprint density at radius 2 is 2.04 bits per heavy atom. The fraction of sp³-hybridized carbons (Fsp3) is 0.652. The number of oxime groups is 1. The van der Waals surface area contributed by atoms with E-state index >= 15 is 0 Å². The fourth-order valence-corrected chi connectivity index (χ4v) is 7.14. The predicted octanol–water partition coefficient (Wildman–Crippen LogP) is 4.80. The van der Waals surface area contributed by atoms with Crippen molar-refractivity contribution in [1.82, 2.24) is 0 Å². The summed E-state index contributed by atoms with van der Waals surface area (Å²) < 4.78 is 5.19. The van der Waals surface area contributed by atoms with Gasteiger partial charge in [0.25, 0.3) is 0 Å². The van der Waals surface area contributed by atoms with Gasteiger partial charge in [-0.3, -0.25) is 0 Å². The lowest BCUT2D eigenvalue weighted by Crippen LogP contribution is -2.51. The van der Waals surface area contributed by atoms with Crippen LogP contribution in [0.25, 0.3) is 0 Å². The Morgan fingerprint density at radius 1 is 1.19 bits per heavy atom. The van der Waals surface area contributed by atoms with Crippen LogP contribution in [0, 0.1) is 28.6 Å². The van der Waals surface area contributed by atoms with Crippen molar-refractivity contribution in [3.63, 3.8) is 0 Å². The topological polar surface area (TPSA) is 58.9 Å². The van der Waals surface area contributed by atoms with Crippen molar-refractivity contribution in [2.24, 2.45) is 33.7 Å². The molecule has 5 rings (SSSR count). The molecule has 27 heavy (non-hydrogen) atoms. The summed E-state index contributed by atoms with van der Waals surface area (Å²) in [6.45, 7) is 5.31. The monoisotopic (exact) mass is 367 g/mol. The van der Waals surface area contributed by atoms with Crippen LogP contribution in [0.5, 0.6) is 0 Å². The molecule has 0 saturated heterocycles. The third kappa shape index (κ3) is 2.34. The number of rotatable bonds is 1. The lowest BCUT2D eigenvalue weighted by molar-refractivity contribution is -0.134. The Balaban J connectivity index is 1.43. The number of esters is 1. The van der Waals surface area contributed by atoms with Crippen molar-refractivity contribution in [3.05, 3.63) is 34.9 Å². The molecular weight excluding hydrogens is 338 g/mol. The molecule has 3 saturated carbocycles. The number of nitrogens with zero attached hydrogens (tertiary/aromatic N) is 1. The number of hydrogen-bond donors (Lipinski definition) is 1. The van der Waals surface area contributed by atoms with E-state index in [1.807, 2.05) is 0 Å². The molecule has 0 radical (unpaired) electrons. The Morgan fingerprint density at radius 3 is 2.78 bits per heavy atom. The molecule has 0 spiro atoms. The molecule has 0 amide bonds. The average Bonchev–Trinajstić information content (AvgIpc) is 3.23. The third-order valence-electron chi connectivity index (χ3n) is 8.69. The van der Waals surface area contributed by atoms with Crippen molar-refractivity contribution in [2.45, 2.75) is 58.8 Å². The Kier molecular flexibility index (Phi) is 3.73. The summed E-state index contributed by atoms with van der Waals surface area (Å²) in [4.78, 5) is 11.6. The van der Waals surface area contributed by atoms with Gasteiger partial charge in [0, 0.05) is 17.1 Å². The Labute approximate surface area is 161 Å². The molecule has 1 N–H and O–H groups in total. The van der Waals surface area contributed by atoms with Gasteiger partial charge >= 0.3 is 5.97 Å². The average molecular weight is 367 g/mol. The fourth-order valence-electron chi connectivity index (χ4n) is 7.14. The minimum Gasteiger partial charge on any atom is -0.458 e. The normalized spacial score (nSPS) is 44.7. The quantitative estimate of drug-likeness (QED) is 0.411. The SMILES string of the molecule is C[C@]12CC[C@H]3[C@H](CC[C@@H]4C/C(=N/O)CC[C@@]43C)C1=CC=C2C1=CC(=O)OC1. The highest BCUT2D eigenvalue weighted by molar-refractivity contribution is 5.87. The second-order valence-corrected chi connectivity index (χ2v) is 9.71. The van der Waals surface area contributed by atoms with Gasteiger partial charge in [-0.05, 0) is 73.7 Å². The first-order valence-corrected chi connectivity index (χ1v) is 10.5. The molecule has 0 bridgehead atoms. The molecule has 4 heteroatoms. The van der Waals surface area contributed by atoms with E-state index in [1.165, 1.54) is 24.8 Å². The van der Waals surface area contributed by atoms with E-state index in [2.05, 4.69) is 31.2 Å². The predicted molar refractivity (Wildman–Crippen MR) is 103 cm³/mol. The highest BCUT2D eigenvalue weighted by Gasteiger charge is 2.56. The largest absolute Gasteiger partial charge is 0.458 e. The van der Waals surface area contributed by atoms with Gasteiger partial charge in [-0.1, -0.05) is 36.7 Å². The highest BCUT2D eigenvalue weighted by Crippen LogP contribution is 2.65. The molecular formula is C23H29NO3. The van der Waals surface area contributed by atoms with Gasteiger partial charge < -0.3 is 9.94 Å². The molecule has 1 heterocycles. The standard InChI is InChI=1S/C23H29NO3/c1-22-9-7-16(24-26)12-15(22)3-4-17-19-6-5-18(14-11-21(25)27-13-14)23(19,2)10-8-20(17)22/h5-6,11,15,17,20,26H,3-4,7-10,12-13H2,1-2H3/b24-16+/t15-,17-,20+,22+,23-/m1/s1. The van der Waals surface area contributed by atoms with Crippen LogP contribution in [-0.2, 0) is 9.53 Å². The number of ether oxygens (including phenoxy) is 1. The molecule has 4 nitrogen and oxygen atoms in total. The van der Waals surface area contributed by atoms with E-state index in [0.29, 0.717) is 23.9 Å². The van der Waals surface area contributed by atoms with Crippen LogP contribution in [0.3, 0.4) is 0 Å². The highest BCUT2D eigenvalue weighted by atomic mass is 16.5. The number of carbonyl (C=O) groups is 1. The van der Waals surface area contributed by atoms with E-state index in [0.717, 1.165) is 42.9 Å². The van der Waals surface area contributed by atoms with Gasteiger partial charge in [-0.15, -0.1) is 0 Å². The van der Waals surface area contributed by atoms with Gasteiger partial charge in [0.05, 0.1) is 5.71 Å². The number of hydrogen-bond acceptors (Lipinski definition) is 4. The van der Waals surface area contributed by atoms with Gasteiger partial charge in [-0.2, -0.15) is 0 Å². The zero-order valence-corrected chi connectivity index (χ0v) is 16.3. The molecule has 0 aromatic rings. The smallest absolute Gasteiger partial charge is 0.331 e. The number of fused-ring (bicyclic) bond motifs is 5. The first-order valence-electron chi connectivity index (χ1n) is 10.5. The maximum Gasteiger partial charge on any atom is 0.331 e. The molecule has 0 unspecified atom stereocenters. The Bertz CT molecular complexity index is 819. The van der Waals surface area contributed by atoms with E-state index < -0.39 is 0 Å². The summed E-state index contributed by atoms with van der Waals surface area (Å²) in [6, 6.07) is 0. The molecule has 0 aromatic heterocycles. The van der Waals surface area contributed by atoms with Gasteiger partial charge in [0.15, 0.2) is 0 Å². The Hall–Kier alpha value is -1.84. The molecule has 0 aromatic carbocycles. The number of cyclic esters (lactones) is 1. The first-order chi connectivity index (χ1) is 13.0. The third-order valence-corrected chi connectivity index (χ3v) is 8.69. The minimum atomic E-state index is -0.201. The summed E-state index contributed by atoms with van der Waals surface area (Å²) in [7, 11) is 0. The summed E-state index contributed by atoms with van der Waals surface area (Å²) in [5.74, 6) is 1.82. The molecule has 5 aliphatic rings. The van der Waals surface area contributed by atoms with Gasteiger partial charge in [0.1, 0.15) is 6.61 Å². The van der Waals surface area contributed by atoms with E-state index in [9.17, 15) is 10.0 Å². The van der Waals surface area contributed by atoms with Crippen LogP contribution >= 0.6 is 0 Å². The van der Waals surface area contributed by atoms with Crippen LogP contribution < -0.4 is 0 Å². The lowest BCUT2D eigenvalue weighted by atomic mass is 9.46. The van der Waals surface area contributed by atoms with E-state index in [1.54, 1.807) is 11.6 Å². The van der Waals surface area contributed by atoms with Crippen LogP contribution in [0.1, 0.15) is 58.8 Å². The maximum absolute atomic E-state index is 11.6. The number of allylic oxidation sites excluding steroid dienone is 3. The molecule has 1 aliphatic heterocycles. The molecule has 4 aliphatic carbocycles. The van der Waals surface area contributed by atoms with E-state index in [4.69, 9.17) is 4.74 Å². The second kappa shape index (κ2) is 5.83. The summed E-state index contributed by atoms with van der Waals surface area (Å²) in [6.07, 6.45) is 14.2. The minimum absolute atomic E-state index is 0.0660. The molecule has 3 fully saturated rings. The zero-order chi connectivity index (χ0) is 18.8. The van der Waals surface area contributed by atoms with Crippen LogP contribution in [0.15, 0.2) is 40.1 Å². The van der Waals surface area contributed by atoms with Crippen molar-refractivity contribution >= 4 is 11.7 Å². The van der Waals surface area contributed by atoms with Crippen LogP contribution in [0.2, 0.25) is 0 Å². The van der Waals surface area contributed by atoms with Gasteiger partial charge in [0.2, 0.25) is 0 Å². The van der Waals surface area contributed by atoms with Crippen molar-refractivity contribution in [1.29, 1.82) is 0 Å². The summed E-state index contributed by atoms with van der Waals surface area (Å²) >= 11 is 0. The van der Waals surface area contributed by atoms with Crippen LogP contribution in [-0.4, -0.2) is 23.5 Å². The number of carbonyl (C=O) groups excluding carboxylic acids is 1. The summed E-state index contributed by atoms with van der Waals surface area (Å²) in [5, 5.41) is 12.8. The first kappa shape index (κ1) is 17.3. The summed E-state index contributed by atoms with van der Waals surface area (Å²) in [5.41, 5.74) is 5.40. The zero-order valence-electron chi connectivity index (χ0n) is 16.3. The maximum atomic E-state index is 11.6. The van der Waals surface area contributed by atoms with Crippen molar-refractivity contribution < 1.29 is 14.7 Å². The lowest BCUT2D eigenvalue weighted by Gasteiger charge is -2.58. The molecule has 144 valence electrons.